The molecule has 2 fully saturated rings. The molecule has 2 saturated heterocycles. The van der Waals surface area contributed by atoms with E-state index in [1.165, 1.54) is 25.3 Å². The lowest BCUT2D eigenvalue weighted by molar-refractivity contribution is -0.0893. The number of likely N-dealkylation sites (tertiary alicyclic amines) is 1. The number of carbonyl (C=O) groups excluding carboxylic acids is 1. The quantitative estimate of drug-likeness (QED) is 0.828. The Labute approximate surface area is 129 Å². The SMILES string of the molecule is COc1ccc(F)cc1C(=O)N1CC[C@H]2OCCN(C)[C@@H]2C1. The summed E-state index contributed by atoms with van der Waals surface area (Å²) in [4.78, 5) is 16.7. The molecule has 1 aromatic rings. The number of fused-ring (bicyclic) bond motifs is 1. The normalized spacial score (nSPS) is 25.7. The molecule has 0 aromatic heterocycles. The number of benzene rings is 1. The van der Waals surface area contributed by atoms with Gasteiger partial charge in [-0.15, -0.1) is 0 Å². The number of halogens is 1. The van der Waals surface area contributed by atoms with E-state index >= 15 is 0 Å². The zero-order chi connectivity index (χ0) is 15.7. The second-order valence-corrected chi connectivity index (χ2v) is 5.84. The van der Waals surface area contributed by atoms with Gasteiger partial charge in [0.25, 0.3) is 5.91 Å². The lowest BCUT2D eigenvalue weighted by Gasteiger charge is -2.45. The predicted octanol–water partition coefficient (Wildman–Crippen LogP) is 1.38. The summed E-state index contributed by atoms with van der Waals surface area (Å²) in [7, 11) is 3.54. The van der Waals surface area contributed by atoms with Crippen molar-refractivity contribution in [2.45, 2.75) is 18.6 Å². The maximum Gasteiger partial charge on any atom is 0.257 e. The molecule has 1 aromatic carbocycles. The van der Waals surface area contributed by atoms with Gasteiger partial charge in [-0.05, 0) is 31.7 Å². The summed E-state index contributed by atoms with van der Waals surface area (Å²) >= 11 is 0. The van der Waals surface area contributed by atoms with Crippen molar-refractivity contribution in [1.29, 1.82) is 0 Å². The maximum absolute atomic E-state index is 13.5. The average Bonchev–Trinajstić information content (AvgIpc) is 2.54. The van der Waals surface area contributed by atoms with Gasteiger partial charge in [0.05, 0.1) is 31.4 Å². The lowest BCUT2D eigenvalue weighted by atomic mass is 9.98. The second kappa shape index (κ2) is 6.22. The summed E-state index contributed by atoms with van der Waals surface area (Å²) in [5.74, 6) is -0.215. The van der Waals surface area contributed by atoms with Crippen molar-refractivity contribution in [1.82, 2.24) is 9.80 Å². The van der Waals surface area contributed by atoms with Crippen molar-refractivity contribution in [3.8, 4) is 5.75 Å². The zero-order valence-corrected chi connectivity index (χ0v) is 12.9. The van der Waals surface area contributed by atoms with E-state index in [0.29, 0.717) is 18.8 Å². The Kier molecular flexibility index (Phi) is 4.31. The van der Waals surface area contributed by atoms with Gasteiger partial charge in [0.15, 0.2) is 0 Å². The molecule has 1 amide bonds. The first-order valence-corrected chi connectivity index (χ1v) is 7.55. The second-order valence-electron chi connectivity index (χ2n) is 5.84. The standard InChI is InChI=1S/C16H21FN2O3/c1-18-7-8-22-15-5-6-19(10-13(15)18)16(20)12-9-11(17)3-4-14(12)21-2/h3-4,9,13,15H,5-8,10H2,1-2H3/t13-,15-/m1/s1. The predicted molar refractivity (Wildman–Crippen MR) is 79.6 cm³/mol. The van der Waals surface area contributed by atoms with Crippen molar-refractivity contribution >= 4 is 5.91 Å². The molecule has 22 heavy (non-hydrogen) atoms. The van der Waals surface area contributed by atoms with Crippen LogP contribution in [0.2, 0.25) is 0 Å². The Morgan fingerprint density at radius 2 is 2.23 bits per heavy atom. The third kappa shape index (κ3) is 2.80. The fourth-order valence-electron chi connectivity index (χ4n) is 3.24. The van der Waals surface area contributed by atoms with Gasteiger partial charge in [-0.25, -0.2) is 4.39 Å². The number of amides is 1. The molecule has 2 heterocycles. The number of ether oxygens (including phenoxy) is 2. The fourth-order valence-corrected chi connectivity index (χ4v) is 3.24. The zero-order valence-electron chi connectivity index (χ0n) is 12.9. The van der Waals surface area contributed by atoms with Gasteiger partial charge in [0, 0.05) is 19.6 Å². The molecule has 3 rings (SSSR count). The molecule has 2 aliphatic heterocycles. The summed E-state index contributed by atoms with van der Waals surface area (Å²) in [6.45, 7) is 2.82. The summed E-state index contributed by atoms with van der Waals surface area (Å²) < 4.78 is 24.5. The van der Waals surface area contributed by atoms with Crippen molar-refractivity contribution < 1.29 is 18.7 Å². The Morgan fingerprint density at radius 3 is 3.00 bits per heavy atom. The minimum Gasteiger partial charge on any atom is -0.496 e. The minimum absolute atomic E-state index is 0.178. The van der Waals surface area contributed by atoms with E-state index in [1.54, 1.807) is 4.90 Å². The van der Waals surface area contributed by atoms with Gasteiger partial charge in [0.2, 0.25) is 0 Å². The third-order valence-electron chi connectivity index (χ3n) is 4.54. The van der Waals surface area contributed by atoms with Gasteiger partial charge >= 0.3 is 0 Å². The van der Waals surface area contributed by atoms with E-state index in [9.17, 15) is 9.18 Å². The molecule has 120 valence electrons. The highest BCUT2D eigenvalue weighted by atomic mass is 19.1. The van der Waals surface area contributed by atoms with Crippen LogP contribution in [-0.2, 0) is 4.74 Å². The number of methoxy groups -OCH3 is 1. The van der Waals surface area contributed by atoms with E-state index in [4.69, 9.17) is 9.47 Å². The first kappa shape index (κ1) is 15.2. The van der Waals surface area contributed by atoms with Crippen LogP contribution in [0.15, 0.2) is 18.2 Å². The molecule has 0 N–H and O–H groups in total. The van der Waals surface area contributed by atoms with Gasteiger partial charge < -0.3 is 14.4 Å². The van der Waals surface area contributed by atoms with Crippen LogP contribution in [0.1, 0.15) is 16.8 Å². The topological polar surface area (TPSA) is 42.0 Å². The van der Waals surface area contributed by atoms with E-state index < -0.39 is 5.82 Å². The van der Waals surface area contributed by atoms with Crippen LogP contribution < -0.4 is 4.74 Å². The van der Waals surface area contributed by atoms with Crippen molar-refractivity contribution in [3.05, 3.63) is 29.6 Å². The number of likely N-dealkylation sites (N-methyl/N-ethyl adjacent to an activating group) is 1. The first-order valence-electron chi connectivity index (χ1n) is 7.55. The first-order chi connectivity index (χ1) is 10.6. The molecule has 0 unspecified atom stereocenters. The Morgan fingerprint density at radius 1 is 1.41 bits per heavy atom. The van der Waals surface area contributed by atoms with Crippen molar-refractivity contribution in [3.63, 3.8) is 0 Å². The van der Waals surface area contributed by atoms with Crippen LogP contribution in [0, 0.1) is 5.82 Å². The number of nitrogens with zero attached hydrogens (tertiary/aromatic N) is 2. The van der Waals surface area contributed by atoms with Crippen LogP contribution in [0.4, 0.5) is 4.39 Å². The van der Waals surface area contributed by atoms with Crippen LogP contribution >= 0.6 is 0 Å². The smallest absolute Gasteiger partial charge is 0.257 e. The van der Waals surface area contributed by atoms with Gasteiger partial charge in [-0.3, -0.25) is 9.69 Å². The molecule has 0 bridgehead atoms. The van der Waals surface area contributed by atoms with E-state index in [2.05, 4.69) is 11.9 Å². The number of hydrogen-bond acceptors (Lipinski definition) is 4. The van der Waals surface area contributed by atoms with E-state index in [1.807, 2.05) is 0 Å². The molecule has 2 atom stereocenters. The summed E-state index contributed by atoms with van der Waals surface area (Å²) in [5.41, 5.74) is 0.278. The Hall–Kier alpha value is -1.66. The third-order valence-corrected chi connectivity index (χ3v) is 4.54. The average molecular weight is 308 g/mol. The molecule has 0 saturated carbocycles. The van der Waals surface area contributed by atoms with Crippen LogP contribution in [0.25, 0.3) is 0 Å². The highest BCUT2D eigenvalue weighted by molar-refractivity contribution is 5.97. The molecule has 6 heteroatoms. The highest BCUT2D eigenvalue weighted by Crippen LogP contribution is 2.26. The van der Waals surface area contributed by atoms with Crippen LogP contribution in [-0.4, -0.2) is 68.3 Å². The molecular formula is C16H21FN2O3. The number of piperidine rings is 1. The summed E-state index contributed by atoms with van der Waals surface area (Å²) in [5, 5.41) is 0. The van der Waals surface area contributed by atoms with E-state index in [0.717, 1.165) is 19.6 Å². The molecule has 0 radical (unpaired) electrons. The highest BCUT2D eigenvalue weighted by Gasteiger charge is 2.37. The number of carbonyl (C=O) groups is 1. The molecule has 0 spiro atoms. The molecule has 5 nitrogen and oxygen atoms in total. The monoisotopic (exact) mass is 308 g/mol. The van der Waals surface area contributed by atoms with Gasteiger partial charge in [0.1, 0.15) is 11.6 Å². The van der Waals surface area contributed by atoms with E-state index in [-0.39, 0.29) is 23.6 Å². The number of morpholine rings is 1. The molecule has 2 aliphatic rings. The lowest BCUT2D eigenvalue weighted by Crippen LogP contribution is -2.59. The largest absolute Gasteiger partial charge is 0.496 e. The molecule has 0 aliphatic carbocycles. The molecular weight excluding hydrogens is 287 g/mol. The Balaban J connectivity index is 1.79. The van der Waals surface area contributed by atoms with Crippen LogP contribution in [0.3, 0.4) is 0 Å². The van der Waals surface area contributed by atoms with Gasteiger partial charge in [-0.2, -0.15) is 0 Å². The van der Waals surface area contributed by atoms with Gasteiger partial charge in [-0.1, -0.05) is 0 Å². The minimum atomic E-state index is -0.433. The maximum atomic E-state index is 13.5. The summed E-state index contributed by atoms with van der Waals surface area (Å²) in [6, 6.07) is 4.23. The Bertz CT molecular complexity index is 566. The van der Waals surface area contributed by atoms with Crippen molar-refractivity contribution in [2.24, 2.45) is 0 Å². The summed E-state index contributed by atoms with van der Waals surface area (Å²) in [6.07, 6.45) is 0.982. The van der Waals surface area contributed by atoms with Crippen LogP contribution in [0.5, 0.6) is 5.75 Å². The van der Waals surface area contributed by atoms with Crippen molar-refractivity contribution in [2.75, 3.05) is 40.4 Å². The number of hydrogen-bond donors (Lipinski definition) is 0. The fraction of sp³-hybridized carbons (Fsp3) is 0.562. The number of rotatable bonds is 2.